The van der Waals surface area contributed by atoms with E-state index in [-0.39, 0.29) is 5.69 Å². The van der Waals surface area contributed by atoms with Gasteiger partial charge in [0.1, 0.15) is 11.6 Å². The third-order valence-corrected chi connectivity index (χ3v) is 3.91. The van der Waals surface area contributed by atoms with E-state index in [4.69, 9.17) is 4.74 Å². The summed E-state index contributed by atoms with van der Waals surface area (Å²) in [6.45, 7) is 5.54. The number of aryl methyl sites for hydroxylation is 1. The van der Waals surface area contributed by atoms with E-state index in [1.54, 1.807) is 13.0 Å². The summed E-state index contributed by atoms with van der Waals surface area (Å²) in [5, 5.41) is 2.53. The number of benzene rings is 2. The van der Waals surface area contributed by atoms with E-state index in [9.17, 15) is 9.18 Å². The summed E-state index contributed by atoms with van der Waals surface area (Å²) in [4.78, 5) is 12.1. The van der Waals surface area contributed by atoms with Crippen LogP contribution in [0.3, 0.4) is 0 Å². The van der Waals surface area contributed by atoms with Crippen LogP contribution in [0.15, 0.2) is 40.9 Å². The van der Waals surface area contributed by atoms with E-state index in [2.05, 4.69) is 21.2 Å². The molecular weight excluding hydrogens is 349 g/mol. The van der Waals surface area contributed by atoms with Gasteiger partial charge in [0.25, 0.3) is 5.91 Å². The van der Waals surface area contributed by atoms with Gasteiger partial charge in [-0.2, -0.15) is 0 Å². The molecule has 1 amide bonds. The predicted molar refractivity (Wildman–Crippen MR) is 88.7 cm³/mol. The maximum Gasteiger partial charge on any atom is 0.265 e. The van der Waals surface area contributed by atoms with Crippen LogP contribution in [0.1, 0.15) is 18.1 Å². The van der Waals surface area contributed by atoms with Crippen molar-refractivity contribution >= 4 is 27.5 Å². The van der Waals surface area contributed by atoms with E-state index in [1.165, 1.54) is 12.1 Å². The molecule has 0 saturated heterocycles. The minimum atomic E-state index is -0.733. The third-order valence-electron chi connectivity index (χ3n) is 3.42. The molecule has 0 radical (unpaired) electrons. The number of rotatable bonds is 4. The van der Waals surface area contributed by atoms with Crippen molar-refractivity contribution < 1.29 is 13.9 Å². The average Bonchev–Trinajstić information content (AvgIpc) is 2.46. The highest BCUT2D eigenvalue weighted by Crippen LogP contribution is 2.23. The van der Waals surface area contributed by atoms with E-state index < -0.39 is 17.8 Å². The van der Waals surface area contributed by atoms with Crippen LogP contribution in [-0.2, 0) is 4.79 Å². The van der Waals surface area contributed by atoms with Crippen LogP contribution in [0.2, 0.25) is 0 Å². The lowest BCUT2D eigenvalue weighted by molar-refractivity contribution is -0.122. The Hall–Kier alpha value is -1.88. The zero-order valence-electron chi connectivity index (χ0n) is 12.6. The molecule has 3 nitrogen and oxygen atoms in total. The van der Waals surface area contributed by atoms with Gasteiger partial charge >= 0.3 is 0 Å². The fourth-order valence-electron chi connectivity index (χ4n) is 1.92. The molecule has 2 aromatic rings. The lowest BCUT2D eigenvalue weighted by Crippen LogP contribution is -2.30. The topological polar surface area (TPSA) is 38.3 Å². The Morgan fingerprint density at radius 1 is 1.27 bits per heavy atom. The molecule has 116 valence electrons. The van der Waals surface area contributed by atoms with E-state index in [0.717, 1.165) is 11.1 Å². The number of halogens is 2. The highest BCUT2D eigenvalue weighted by molar-refractivity contribution is 9.10. The molecule has 0 unspecified atom stereocenters. The normalized spacial score (nSPS) is 11.9. The number of anilines is 1. The van der Waals surface area contributed by atoms with Crippen LogP contribution in [0.4, 0.5) is 10.1 Å². The summed E-state index contributed by atoms with van der Waals surface area (Å²) < 4.78 is 20.0. The van der Waals surface area contributed by atoms with Gasteiger partial charge in [-0.05, 0) is 56.2 Å². The van der Waals surface area contributed by atoms with Crippen molar-refractivity contribution in [3.63, 3.8) is 0 Å². The molecule has 0 aliphatic heterocycles. The molecule has 22 heavy (non-hydrogen) atoms. The van der Waals surface area contributed by atoms with Crippen LogP contribution in [0, 0.1) is 19.7 Å². The molecule has 0 heterocycles. The second-order valence-corrected chi connectivity index (χ2v) is 5.99. The van der Waals surface area contributed by atoms with Crippen molar-refractivity contribution in [2.75, 3.05) is 5.32 Å². The van der Waals surface area contributed by atoms with Gasteiger partial charge in [0.2, 0.25) is 0 Å². The molecule has 1 atom stereocenters. The van der Waals surface area contributed by atoms with Crippen LogP contribution >= 0.6 is 15.9 Å². The summed E-state index contributed by atoms with van der Waals surface area (Å²) in [5.74, 6) is -0.247. The fourth-order valence-corrected chi connectivity index (χ4v) is 2.25. The van der Waals surface area contributed by atoms with Gasteiger partial charge < -0.3 is 10.1 Å². The van der Waals surface area contributed by atoms with Gasteiger partial charge in [-0.3, -0.25) is 4.79 Å². The molecule has 2 rings (SSSR count). The quantitative estimate of drug-likeness (QED) is 0.858. The fraction of sp³-hybridized carbons (Fsp3) is 0.235. The number of hydrogen-bond acceptors (Lipinski definition) is 2. The van der Waals surface area contributed by atoms with E-state index >= 15 is 0 Å². The Bertz CT molecular complexity index is 703. The Morgan fingerprint density at radius 3 is 2.68 bits per heavy atom. The van der Waals surface area contributed by atoms with E-state index in [0.29, 0.717) is 10.2 Å². The highest BCUT2D eigenvalue weighted by Gasteiger charge is 2.17. The molecule has 1 N–H and O–H groups in total. The number of nitrogens with one attached hydrogen (secondary N) is 1. The smallest absolute Gasteiger partial charge is 0.265 e. The second-order valence-electron chi connectivity index (χ2n) is 5.07. The number of amides is 1. The number of ether oxygens (including phenoxy) is 1. The highest BCUT2D eigenvalue weighted by atomic mass is 79.9. The molecule has 0 aliphatic carbocycles. The number of carbonyl (C=O) groups is 1. The molecule has 5 heteroatoms. The molecule has 0 aliphatic rings. The van der Waals surface area contributed by atoms with Crippen molar-refractivity contribution in [1.29, 1.82) is 0 Å². The molecule has 0 fully saturated rings. The van der Waals surface area contributed by atoms with Crippen molar-refractivity contribution in [3.8, 4) is 5.75 Å². The zero-order chi connectivity index (χ0) is 16.3. The van der Waals surface area contributed by atoms with Crippen LogP contribution in [0.5, 0.6) is 5.75 Å². The van der Waals surface area contributed by atoms with Gasteiger partial charge in [0.05, 0.1) is 5.69 Å². The molecule has 2 aromatic carbocycles. The predicted octanol–water partition coefficient (Wildman–Crippen LogP) is 4.61. The van der Waals surface area contributed by atoms with Crippen LogP contribution in [-0.4, -0.2) is 12.0 Å². The minimum absolute atomic E-state index is 0.129. The molecule has 0 saturated carbocycles. The van der Waals surface area contributed by atoms with Gasteiger partial charge in [0, 0.05) is 4.47 Å². The second kappa shape index (κ2) is 6.92. The monoisotopic (exact) mass is 365 g/mol. The summed E-state index contributed by atoms with van der Waals surface area (Å²) >= 11 is 3.17. The Morgan fingerprint density at radius 2 is 2.00 bits per heavy atom. The van der Waals surface area contributed by atoms with Crippen molar-refractivity contribution in [1.82, 2.24) is 0 Å². The molecule has 0 bridgehead atoms. The molecule has 0 aromatic heterocycles. The van der Waals surface area contributed by atoms with Gasteiger partial charge in [-0.15, -0.1) is 0 Å². The molecule has 0 spiro atoms. The largest absolute Gasteiger partial charge is 0.481 e. The summed E-state index contributed by atoms with van der Waals surface area (Å²) in [6.07, 6.45) is -0.733. The summed E-state index contributed by atoms with van der Waals surface area (Å²) in [5.41, 5.74) is 2.20. The number of hydrogen-bond donors (Lipinski definition) is 1. The first-order chi connectivity index (χ1) is 10.4. The van der Waals surface area contributed by atoms with Crippen LogP contribution < -0.4 is 10.1 Å². The first-order valence-electron chi connectivity index (χ1n) is 6.87. The maximum atomic E-state index is 13.7. The van der Waals surface area contributed by atoms with Gasteiger partial charge in [0.15, 0.2) is 6.10 Å². The first-order valence-corrected chi connectivity index (χ1v) is 7.66. The minimum Gasteiger partial charge on any atom is -0.481 e. The van der Waals surface area contributed by atoms with Crippen molar-refractivity contribution in [3.05, 3.63) is 57.8 Å². The zero-order valence-corrected chi connectivity index (χ0v) is 14.2. The van der Waals surface area contributed by atoms with Crippen molar-refractivity contribution in [2.24, 2.45) is 0 Å². The lowest BCUT2D eigenvalue weighted by atomic mass is 10.1. The Balaban J connectivity index is 2.07. The Labute approximate surface area is 137 Å². The Kier molecular flexibility index (Phi) is 5.19. The van der Waals surface area contributed by atoms with Crippen molar-refractivity contribution in [2.45, 2.75) is 26.9 Å². The number of carbonyl (C=O) groups excluding carboxylic acids is 1. The van der Waals surface area contributed by atoms with Crippen LogP contribution in [0.25, 0.3) is 0 Å². The summed E-state index contributed by atoms with van der Waals surface area (Å²) in [6, 6.07) is 10.1. The van der Waals surface area contributed by atoms with Gasteiger partial charge in [-0.1, -0.05) is 28.1 Å². The van der Waals surface area contributed by atoms with Gasteiger partial charge in [-0.25, -0.2) is 4.39 Å². The molecular formula is C17H17BrFNO2. The lowest BCUT2D eigenvalue weighted by Gasteiger charge is -2.17. The summed E-state index contributed by atoms with van der Waals surface area (Å²) in [7, 11) is 0. The standard InChI is InChI=1S/C17H17BrFNO2/c1-10-5-4-6-16(11(10)2)22-12(3)17(21)20-15-8-7-13(18)9-14(15)19/h4-9,12H,1-3H3,(H,20,21)/t12-/m1/s1. The van der Waals surface area contributed by atoms with E-state index in [1.807, 2.05) is 32.0 Å². The average molecular weight is 366 g/mol. The maximum absolute atomic E-state index is 13.7. The third kappa shape index (κ3) is 3.85. The SMILES string of the molecule is Cc1cccc(O[C@H](C)C(=O)Nc2ccc(Br)cc2F)c1C. The first kappa shape index (κ1) is 16.5.